The Morgan fingerprint density at radius 2 is 1.52 bits per heavy atom. The highest BCUT2D eigenvalue weighted by atomic mass is 31.2. The van der Waals surface area contributed by atoms with Gasteiger partial charge in [0.05, 0.1) is 0 Å². The zero-order chi connectivity index (χ0) is 23.2. The highest BCUT2D eigenvalue weighted by Crippen LogP contribution is 2.53. The quantitative estimate of drug-likeness (QED) is 0.119. The van der Waals surface area contributed by atoms with Crippen molar-refractivity contribution < 1.29 is 23.7 Å². The SMILES string of the molecule is CN(CCC(=O)NN)P(=O)(N(C)CCN1CC=CC1=O)N(C)CCN1C(=O)C=CC1=O. The number of amides is 4. The van der Waals surface area contributed by atoms with Gasteiger partial charge in [-0.05, 0) is 21.1 Å². The summed E-state index contributed by atoms with van der Waals surface area (Å²) in [5.41, 5.74) is 2.05. The van der Waals surface area contributed by atoms with Gasteiger partial charge >= 0.3 is 0 Å². The number of hydrogen-bond acceptors (Lipinski definition) is 6. The number of carbonyl (C=O) groups excluding carboxylic acids is 4. The van der Waals surface area contributed by atoms with Crippen LogP contribution in [0.5, 0.6) is 0 Å². The van der Waals surface area contributed by atoms with Gasteiger partial charge in [0.1, 0.15) is 0 Å². The van der Waals surface area contributed by atoms with Crippen LogP contribution in [0.4, 0.5) is 0 Å². The standard InChI is InChI=1S/C18H30N7O5P/c1-21(10-8-15(26)20-19)31(30,22(2)11-13-24-9-4-5-16(24)27)23(3)12-14-25-17(28)6-7-18(25)29/h4-7H,8-14,19H2,1-3H3,(H,20,26). The van der Waals surface area contributed by atoms with Crippen molar-refractivity contribution in [2.24, 2.45) is 5.84 Å². The first kappa shape index (κ1) is 24.9. The lowest BCUT2D eigenvalue weighted by Gasteiger charge is -2.41. The lowest BCUT2D eigenvalue weighted by atomic mass is 10.4. The highest BCUT2D eigenvalue weighted by molar-refractivity contribution is 7.56. The van der Waals surface area contributed by atoms with Crippen LogP contribution >= 0.6 is 7.59 Å². The van der Waals surface area contributed by atoms with Crippen molar-refractivity contribution in [3.05, 3.63) is 24.3 Å². The molecule has 2 aliphatic rings. The van der Waals surface area contributed by atoms with Crippen molar-refractivity contribution in [2.45, 2.75) is 6.42 Å². The number of rotatable bonds is 12. The van der Waals surface area contributed by atoms with Crippen molar-refractivity contribution in [3.63, 3.8) is 0 Å². The molecule has 0 saturated heterocycles. The summed E-state index contributed by atoms with van der Waals surface area (Å²) in [6.45, 7) is 1.62. The molecule has 0 aromatic carbocycles. The number of imide groups is 1. The van der Waals surface area contributed by atoms with Crippen LogP contribution in [0.15, 0.2) is 24.3 Å². The summed E-state index contributed by atoms with van der Waals surface area (Å²) in [5, 5.41) is 0. The maximum atomic E-state index is 14.2. The molecule has 0 spiro atoms. The Morgan fingerprint density at radius 3 is 2.03 bits per heavy atom. The first-order valence-corrected chi connectivity index (χ1v) is 11.4. The second kappa shape index (κ2) is 10.8. The number of hydrogen-bond donors (Lipinski definition) is 2. The molecule has 0 aliphatic carbocycles. The molecular formula is C18H30N7O5P. The second-order valence-corrected chi connectivity index (χ2v) is 10.4. The van der Waals surface area contributed by atoms with Gasteiger partial charge in [-0.3, -0.25) is 34.1 Å². The van der Waals surface area contributed by atoms with E-state index in [9.17, 15) is 23.7 Å². The Bertz CT molecular complexity index is 812. The van der Waals surface area contributed by atoms with Gasteiger partial charge in [-0.25, -0.2) is 19.9 Å². The van der Waals surface area contributed by atoms with Gasteiger partial charge < -0.3 is 4.90 Å². The third-order valence-electron chi connectivity index (χ3n) is 5.30. The smallest absolute Gasteiger partial charge is 0.286 e. The maximum absolute atomic E-state index is 14.2. The molecule has 2 heterocycles. The molecule has 172 valence electrons. The number of hydrazine groups is 1. The lowest BCUT2D eigenvalue weighted by molar-refractivity contribution is -0.137. The maximum Gasteiger partial charge on any atom is 0.286 e. The van der Waals surface area contributed by atoms with Gasteiger partial charge in [0.15, 0.2) is 0 Å². The Balaban J connectivity index is 2.09. The summed E-state index contributed by atoms with van der Waals surface area (Å²) in [6, 6.07) is 0. The van der Waals surface area contributed by atoms with Crippen molar-refractivity contribution in [1.29, 1.82) is 0 Å². The summed E-state index contributed by atoms with van der Waals surface area (Å²) in [5.74, 6) is 3.83. The zero-order valence-corrected chi connectivity index (χ0v) is 19.0. The minimum absolute atomic E-state index is 0.0419. The normalized spacial score (nSPS) is 18.2. The fraction of sp³-hybridized carbons (Fsp3) is 0.556. The minimum atomic E-state index is -3.38. The molecule has 1 unspecified atom stereocenters. The number of nitrogens with two attached hydrogens (primary N) is 1. The van der Waals surface area contributed by atoms with E-state index in [-0.39, 0.29) is 32.0 Å². The molecule has 2 aliphatic heterocycles. The Hall–Kier alpha value is -2.37. The van der Waals surface area contributed by atoms with Crippen LogP contribution < -0.4 is 11.3 Å². The van der Waals surface area contributed by atoms with Crippen LogP contribution in [0, 0.1) is 0 Å². The van der Waals surface area contributed by atoms with Crippen LogP contribution in [0.2, 0.25) is 0 Å². The van der Waals surface area contributed by atoms with Crippen LogP contribution in [0.1, 0.15) is 6.42 Å². The molecule has 2 rings (SSSR count). The molecule has 0 radical (unpaired) electrons. The molecule has 1 atom stereocenters. The highest BCUT2D eigenvalue weighted by Gasteiger charge is 2.38. The third-order valence-corrected chi connectivity index (χ3v) is 8.57. The molecular weight excluding hydrogens is 425 g/mol. The van der Waals surface area contributed by atoms with Crippen molar-refractivity contribution in [2.75, 3.05) is 60.4 Å². The molecule has 0 aromatic heterocycles. The van der Waals surface area contributed by atoms with E-state index >= 15 is 0 Å². The molecule has 31 heavy (non-hydrogen) atoms. The molecule has 0 bridgehead atoms. The van der Waals surface area contributed by atoms with E-state index in [0.29, 0.717) is 19.6 Å². The largest absolute Gasteiger partial charge is 0.334 e. The van der Waals surface area contributed by atoms with Gasteiger partial charge in [0, 0.05) is 63.9 Å². The van der Waals surface area contributed by atoms with E-state index in [1.165, 1.54) is 18.2 Å². The van der Waals surface area contributed by atoms with E-state index in [2.05, 4.69) is 0 Å². The van der Waals surface area contributed by atoms with Crippen LogP contribution in [0.25, 0.3) is 0 Å². The monoisotopic (exact) mass is 455 g/mol. The molecule has 13 heteroatoms. The van der Waals surface area contributed by atoms with Crippen LogP contribution in [-0.2, 0) is 23.7 Å². The fourth-order valence-electron chi connectivity index (χ4n) is 3.35. The van der Waals surface area contributed by atoms with E-state index in [1.807, 2.05) is 5.43 Å². The van der Waals surface area contributed by atoms with E-state index < -0.39 is 25.3 Å². The third kappa shape index (κ3) is 5.86. The second-order valence-electron chi connectivity index (χ2n) is 7.32. The first-order valence-electron chi connectivity index (χ1n) is 9.84. The van der Waals surface area contributed by atoms with Crippen molar-refractivity contribution in [1.82, 2.24) is 29.2 Å². The molecule has 0 saturated carbocycles. The topological polar surface area (TPSA) is 140 Å². The van der Waals surface area contributed by atoms with Gasteiger partial charge in [0.25, 0.3) is 19.4 Å². The summed E-state index contributed by atoms with van der Waals surface area (Å²) >= 11 is 0. The molecule has 12 nitrogen and oxygen atoms in total. The number of carbonyl (C=O) groups is 4. The molecule has 0 fully saturated rings. The van der Waals surface area contributed by atoms with Crippen LogP contribution in [-0.4, -0.2) is 108 Å². The summed E-state index contributed by atoms with van der Waals surface area (Å²) < 4.78 is 19.0. The Morgan fingerprint density at radius 1 is 0.968 bits per heavy atom. The van der Waals surface area contributed by atoms with E-state index in [0.717, 1.165) is 4.90 Å². The number of nitrogens with one attached hydrogen (secondary N) is 1. The van der Waals surface area contributed by atoms with Crippen molar-refractivity contribution >= 4 is 31.2 Å². The lowest BCUT2D eigenvalue weighted by Crippen LogP contribution is -2.44. The van der Waals surface area contributed by atoms with Crippen molar-refractivity contribution in [3.8, 4) is 0 Å². The predicted molar refractivity (Wildman–Crippen MR) is 114 cm³/mol. The predicted octanol–water partition coefficient (Wildman–Crippen LogP) is -1.41. The summed E-state index contributed by atoms with van der Waals surface area (Å²) in [4.78, 5) is 49.7. The summed E-state index contributed by atoms with van der Waals surface area (Å²) in [7, 11) is 1.57. The Labute approximate surface area is 181 Å². The minimum Gasteiger partial charge on any atom is -0.334 e. The summed E-state index contributed by atoms with van der Waals surface area (Å²) in [6.07, 6.45) is 5.71. The number of nitrogens with zero attached hydrogens (tertiary/aromatic N) is 5. The number of likely N-dealkylation sites (N-methyl/N-ethyl adjacent to an activating group) is 2. The zero-order valence-electron chi connectivity index (χ0n) is 18.1. The first-order chi connectivity index (χ1) is 14.6. The Kier molecular flexibility index (Phi) is 8.66. The fourth-order valence-corrected chi connectivity index (χ4v) is 5.97. The average Bonchev–Trinajstić information content (AvgIpc) is 3.31. The molecule has 3 N–H and O–H groups in total. The van der Waals surface area contributed by atoms with E-state index in [1.54, 1.807) is 46.1 Å². The van der Waals surface area contributed by atoms with Crippen LogP contribution in [0.3, 0.4) is 0 Å². The molecule has 0 aromatic rings. The van der Waals surface area contributed by atoms with E-state index in [4.69, 9.17) is 5.84 Å². The van der Waals surface area contributed by atoms with Gasteiger partial charge in [-0.2, -0.15) is 0 Å². The van der Waals surface area contributed by atoms with Gasteiger partial charge in [0.2, 0.25) is 11.8 Å². The van der Waals surface area contributed by atoms with Gasteiger partial charge in [-0.1, -0.05) is 6.08 Å². The van der Waals surface area contributed by atoms with Gasteiger partial charge in [-0.15, -0.1) is 0 Å². The molecule has 4 amide bonds. The average molecular weight is 455 g/mol.